The van der Waals surface area contributed by atoms with Crippen molar-refractivity contribution in [3.63, 3.8) is 0 Å². The first kappa shape index (κ1) is 19.8. The second kappa shape index (κ2) is 7.61. The lowest BCUT2D eigenvalue weighted by atomic mass is 10.1. The number of aliphatic imine (C=N–C) groups is 1. The molecule has 27 heavy (non-hydrogen) atoms. The topological polar surface area (TPSA) is 113 Å². The monoisotopic (exact) mass is 412 g/mol. The van der Waals surface area contributed by atoms with Gasteiger partial charge in [-0.15, -0.1) is 0 Å². The van der Waals surface area contributed by atoms with Gasteiger partial charge in [-0.3, -0.25) is 4.79 Å². The van der Waals surface area contributed by atoms with Gasteiger partial charge in [-0.05, 0) is 31.0 Å². The third kappa shape index (κ3) is 4.50. The number of ether oxygens (including phenoxy) is 1. The maximum Gasteiger partial charge on any atom is 0.329 e. The molecule has 1 N–H and O–H groups in total. The molecule has 1 amide bonds. The van der Waals surface area contributed by atoms with E-state index in [2.05, 4.69) is 4.99 Å². The number of anilines is 1. The standard InChI is InChI=1S/C17H20N2O6S2/c1-10-3-4-11(2)12(5-10)19-13-8-27(23,24)9-14(13)26-17(19)18-15(20)6-25-7-16(21)22/h3-5,13-14H,6-9H2,1-2H3,(H,21,22)/t13-,14+/m1/s1. The largest absolute Gasteiger partial charge is 0.480 e. The molecule has 2 aliphatic heterocycles. The molecule has 10 heteroatoms. The fourth-order valence-corrected chi connectivity index (χ4v) is 7.11. The van der Waals surface area contributed by atoms with Gasteiger partial charge in [0.2, 0.25) is 0 Å². The number of carboxylic acids is 1. The van der Waals surface area contributed by atoms with Gasteiger partial charge in [-0.25, -0.2) is 13.2 Å². The highest BCUT2D eigenvalue weighted by atomic mass is 32.2. The van der Waals surface area contributed by atoms with E-state index in [0.29, 0.717) is 5.17 Å². The number of carboxylic acid groups (broad SMARTS) is 1. The van der Waals surface area contributed by atoms with E-state index >= 15 is 0 Å². The Morgan fingerprint density at radius 2 is 2.04 bits per heavy atom. The van der Waals surface area contributed by atoms with E-state index in [1.54, 1.807) is 0 Å². The number of hydrogen-bond donors (Lipinski definition) is 1. The van der Waals surface area contributed by atoms with Gasteiger partial charge >= 0.3 is 5.97 Å². The van der Waals surface area contributed by atoms with Crippen LogP contribution in [0.15, 0.2) is 23.2 Å². The van der Waals surface area contributed by atoms with Crippen LogP contribution in [0.5, 0.6) is 0 Å². The van der Waals surface area contributed by atoms with E-state index in [1.165, 1.54) is 11.8 Å². The molecule has 3 rings (SSSR count). The zero-order chi connectivity index (χ0) is 19.8. The van der Waals surface area contributed by atoms with Crippen LogP contribution in [-0.4, -0.2) is 66.6 Å². The number of nitrogens with zero attached hydrogens (tertiary/aromatic N) is 2. The summed E-state index contributed by atoms with van der Waals surface area (Å²) >= 11 is 1.27. The Labute approximate surface area is 161 Å². The van der Waals surface area contributed by atoms with E-state index in [1.807, 2.05) is 36.9 Å². The first-order chi connectivity index (χ1) is 12.7. The van der Waals surface area contributed by atoms with Crippen molar-refractivity contribution < 1.29 is 27.9 Å². The number of amides is 1. The molecule has 0 aliphatic carbocycles. The Kier molecular flexibility index (Phi) is 5.59. The molecular weight excluding hydrogens is 392 g/mol. The molecule has 1 aromatic carbocycles. The highest BCUT2D eigenvalue weighted by Crippen LogP contribution is 2.42. The number of benzene rings is 1. The van der Waals surface area contributed by atoms with Crippen molar-refractivity contribution in [3.8, 4) is 0 Å². The molecule has 2 saturated heterocycles. The maximum absolute atomic E-state index is 12.1. The SMILES string of the molecule is Cc1ccc(C)c(N2C(=NC(=O)COCC(=O)O)S[C@H]3CS(=O)(=O)C[C@H]32)c1. The van der Waals surface area contributed by atoms with Crippen molar-refractivity contribution in [1.29, 1.82) is 0 Å². The second-order valence-electron chi connectivity index (χ2n) is 6.64. The first-order valence-corrected chi connectivity index (χ1v) is 11.0. The van der Waals surface area contributed by atoms with E-state index in [9.17, 15) is 18.0 Å². The quantitative estimate of drug-likeness (QED) is 0.762. The lowest BCUT2D eigenvalue weighted by molar-refractivity contribution is -0.143. The van der Waals surface area contributed by atoms with E-state index in [0.717, 1.165) is 16.8 Å². The summed E-state index contributed by atoms with van der Waals surface area (Å²) in [4.78, 5) is 28.5. The Morgan fingerprint density at radius 3 is 2.74 bits per heavy atom. The summed E-state index contributed by atoms with van der Waals surface area (Å²) < 4.78 is 29.0. The number of rotatable bonds is 5. The molecule has 8 nitrogen and oxygen atoms in total. The number of thioether (sulfide) groups is 1. The fourth-order valence-electron chi connectivity index (χ4n) is 3.19. The third-order valence-electron chi connectivity index (χ3n) is 4.36. The molecular formula is C17H20N2O6S2. The van der Waals surface area contributed by atoms with Crippen molar-refractivity contribution in [2.24, 2.45) is 4.99 Å². The number of fused-ring (bicyclic) bond motifs is 1. The predicted octanol–water partition coefficient (Wildman–Crippen LogP) is 1.01. The molecule has 2 aliphatic rings. The third-order valence-corrected chi connectivity index (χ3v) is 7.57. The zero-order valence-electron chi connectivity index (χ0n) is 14.9. The zero-order valence-corrected chi connectivity index (χ0v) is 16.5. The molecule has 1 aromatic rings. The number of amidine groups is 1. The first-order valence-electron chi connectivity index (χ1n) is 8.31. The molecule has 0 bridgehead atoms. The van der Waals surface area contributed by atoms with Crippen LogP contribution in [0.3, 0.4) is 0 Å². The number of hydrogen-bond acceptors (Lipinski definition) is 6. The number of carbonyl (C=O) groups excluding carboxylic acids is 1. The average molecular weight is 412 g/mol. The maximum atomic E-state index is 12.1. The van der Waals surface area contributed by atoms with Crippen LogP contribution < -0.4 is 4.90 Å². The van der Waals surface area contributed by atoms with Crippen LogP contribution in [0.25, 0.3) is 0 Å². The number of sulfone groups is 1. The molecule has 0 spiro atoms. The van der Waals surface area contributed by atoms with E-state index in [4.69, 9.17) is 9.84 Å². The van der Waals surface area contributed by atoms with Crippen molar-refractivity contribution in [3.05, 3.63) is 29.3 Å². The average Bonchev–Trinajstić information content (AvgIpc) is 3.00. The normalized spacial score (nSPS) is 25.0. The molecule has 0 radical (unpaired) electrons. The van der Waals surface area contributed by atoms with Crippen molar-refractivity contribution in [2.75, 3.05) is 29.6 Å². The van der Waals surface area contributed by atoms with Crippen molar-refractivity contribution >= 4 is 44.3 Å². The summed E-state index contributed by atoms with van der Waals surface area (Å²) in [5.74, 6) is -1.70. The van der Waals surface area contributed by atoms with Gasteiger partial charge in [-0.1, -0.05) is 23.9 Å². The van der Waals surface area contributed by atoms with Gasteiger partial charge in [0.1, 0.15) is 13.2 Å². The van der Waals surface area contributed by atoms with Crippen LogP contribution in [0.2, 0.25) is 0 Å². The Balaban J connectivity index is 1.91. The second-order valence-corrected chi connectivity index (χ2v) is 10.00. The predicted molar refractivity (Wildman–Crippen MR) is 103 cm³/mol. The van der Waals surface area contributed by atoms with Crippen LogP contribution in [0, 0.1) is 13.8 Å². The molecule has 2 heterocycles. The molecule has 0 aromatic heterocycles. The summed E-state index contributed by atoms with van der Waals surface area (Å²) in [7, 11) is -3.14. The number of aryl methyl sites for hydroxylation is 2. The van der Waals surface area contributed by atoms with Gasteiger partial charge in [-0.2, -0.15) is 4.99 Å². The molecule has 2 fully saturated rings. The molecule has 146 valence electrons. The fraction of sp³-hybridized carbons (Fsp3) is 0.471. The van der Waals surface area contributed by atoms with Crippen LogP contribution in [0.4, 0.5) is 5.69 Å². The minimum Gasteiger partial charge on any atom is -0.480 e. The van der Waals surface area contributed by atoms with E-state index < -0.39 is 34.9 Å². The summed E-state index contributed by atoms with van der Waals surface area (Å²) in [6.45, 7) is 2.85. The minimum atomic E-state index is -3.14. The number of aliphatic carboxylic acids is 1. The summed E-state index contributed by atoms with van der Waals surface area (Å²) in [5, 5.41) is 8.81. The van der Waals surface area contributed by atoms with Crippen LogP contribution in [-0.2, 0) is 24.2 Å². The highest BCUT2D eigenvalue weighted by molar-refractivity contribution is 8.16. The Bertz CT molecular complexity index is 912. The van der Waals surface area contributed by atoms with Gasteiger partial charge in [0, 0.05) is 10.9 Å². The summed E-state index contributed by atoms with van der Waals surface area (Å²) in [6, 6.07) is 5.57. The van der Waals surface area contributed by atoms with Gasteiger partial charge in [0.05, 0.1) is 17.5 Å². The summed E-state index contributed by atoms with van der Waals surface area (Å²) in [6.07, 6.45) is 0. The Hall–Kier alpha value is -1.91. The molecule has 0 saturated carbocycles. The Morgan fingerprint density at radius 1 is 1.30 bits per heavy atom. The van der Waals surface area contributed by atoms with E-state index in [-0.39, 0.29) is 22.8 Å². The van der Waals surface area contributed by atoms with Gasteiger partial charge < -0.3 is 14.7 Å². The van der Waals surface area contributed by atoms with Gasteiger partial charge in [0.25, 0.3) is 5.91 Å². The smallest absolute Gasteiger partial charge is 0.329 e. The van der Waals surface area contributed by atoms with Gasteiger partial charge in [0.15, 0.2) is 15.0 Å². The molecule has 2 atom stereocenters. The number of carbonyl (C=O) groups is 2. The van der Waals surface area contributed by atoms with Crippen molar-refractivity contribution in [1.82, 2.24) is 0 Å². The lowest BCUT2D eigenvalue weighted by Gasteiger charge is -2.26. The summed E-state index contributed by atoms with van der Waals surface area (Å²) in [5.41, 5.74) is 2.79. The minimum absolute atomic E-state index is 0.0147. The van der Waals surface area contributed by atoms with Crippen LogP contribution in [0.1, 0.15) is 11.1 Å². The van der Waals surface area contributed by atoms with Crippen LogP contribution >= 0.6 is 11.8 Å². The van der Waals surface area contributed by atoms with Crippen molar-refractivity contribution in [2.45, 2.75) is 25.1 Å². The molecule has 0 unspecified atom stereocenters. The highest BCUT2D eigenvalue weighted by Gasteiger charge is 2.49. The lowest BCUT2D eigenvalue weighted by Crippen LogP contribution is -2.38.